The minimum Gasteiger partial charge on any atom is -0.461 e. The molecule has 1 heterocycles. The monoisotopic (exact) mass is 701 g/mol. The summed E-state index contributed by atoms with van der Waals surface area (Å²) in [7, 11) is 0. The Morgan fingerprint density at radius 3 is 2.42 bits per heavy atom. The van der Waals surface area contributed by atoms with Crippen molar-refractivity contribution >= 4 is 5.97 Å². The van der Waals surface area contributed by atoms with Gasteiger partial charge in [-0.05, 0) is 112 Å². The van der Waals surface area contributed by atoms with Crippen LogP contribution in [0.4, 0.5) is 0 Å². The van der Waals surface area contributed by atoms with Crippen LogP contribution in [0.15, 0.2) is 23.3 Å². The van der Waals surface area contributed by atoms with Crippen molar-refractivity contribution in [1.29, 1.82) is 0 Å². The fourth-order valence-electron chi connectivity index (χ4n) is 12.0. The van der Waals surface area contributed by atoms with Gasteiger partial charge in [0.05, 0.1) is 12.7 Å². The van der Waals surface area contributed by atoms with E-state index in [0.29, 0.717) is 24.2 Å². The van der Waals surface area contributed by atoms with Gasteiger partial charge in [-0.1, -0.05) is 97.4 Å². The number of ether oxygens (including phenoxy) is 3. The summed E-state index contributed by atoms with van der Waals surface area (Å²) in [4.78, 5) is 13.8. The third kappa shape index (κ3) is 7.18. The van der Waals surface area contributed by atoms with Crippen LogP contribution in [0.1, 0.15) is 152 Å². The zero-order valence-corrected chi connectivity index (χ0v) is 33.0. The van der Waals surface area contributed by atoms with Gasteiger partial charge in [-0.15, -0.1) is 0 Å². The Morgan fingerprint density at radius 2 is 1.72 bits per heavy atom. The van der Waals surface area contributed by atoms with E-state index in [2.05, 4.69) is 74.5 Å². The Hall–Kier alpha value is -1.25. The summed E-state index contributed by atoms with van der Waals surface area (Å²) >= 11 is 0. The Labute approximate surface area is 304 Å². The van der Waals surface area contributed by atoms with Gasteiger partial charge in [0.2, 0.25) is 0 Å². The first-order valence-electron chi connectivity index (χ1n) is 20.4. The number of fused-ring (bicyclic) bond motifs is 5. The van der Waals surface area contributed by atoms with Crippen molar-refractivity contribution in [3.05, 3.63) is 23.3 Å². The van der Waals surface area contributed by atoms with E-state index in [4.69, 9.17) is 14.2 Å². The molecule has 0 amide bonds. The van der Waals surface area contributed by atoms with E-state index in [0.717, 1.165) is 57.8 Å². The summed E-state index contributed by atoms with van der Waals surface area (Å²) in [6, 6.07) is 0. The lowest BCUT2D eigenvalue weighted by molar-refractivity contribution is -0.304. The van der Waals surface area contributed by atoms with Gasteiger partial charge in [-0.2, -0.15) is 0 Å². The summed E-state index contributed by atoms with van der Waals surface area (Å²) in [5.74, 6) is 1.99. The van der Waals surface area contributed by atoms with Gasteiger partial charge in [0.15, 0.2) is 6.29 Å². The lowest BCUT2D eigenvalue weighted by atomic mass is 9.38. The van der Waals surface area contributed by atoms with E-state index in [-0.39, 0.29) is 52.4 Å². The van der Waals surface area contributed by atoms with Gasteiger partial charge in [-0.3, -0.25) is 4.79 Å². The summed E-state index contributed by atoms with van der Waals surface area (Å²) in [6.07, 6.45) is 14.1. The predicted octanol–water partition coefficient (Wildman–Crippen LogP) is 8.68. The zero-order chi connectivity index (χ0) is 36.6. The third-order valence-corrected chi connectivity index (χ3v) is 15.2. The van der Waals surface area contributed by atoms with Crippen molar-refractivity contribution in [1.82, 2.24) is 0 Å². The standard InChI is InChI=1S/C43H72O7/c1-10-11-12-13-14-18-36(45)49-35-25-33-40(5,6)34(50-39-38(47)37(46)31(44)26-48-39)22-23-41(33,7)32-20-19-30-29(28(4)17-15-16-27(2)3)21-24-42(30,8)43(32,35)9/h16,20,28-31,33-35,37-39,44,46-47H,10-15,17-19,21-26H2,1-9H3. The fraction of sp³-hybridized carbons (Fsp3) is 0.884. The lowest BCUT2D eigenvalue weighted by Crippen LogP contribution is -2.66. The first-order valence-corrected chi connectivity index (χ1v) is 20.4. The topological polar surface area (TPSA) is 105 Å². The lowest BCUT2D eigenvalue weighted by Gasteiger charge is -2.68. The van der Waals surface area contributed by atoms with Crippen LogP contribution < -0.4 is 0 Å². The Morgan fingerprint density at radius 1 is 1.00 bits per heavy atom. The Kier molecular flexibility index (Phi) is 12.5. The molecular formula is C43H72O7. The third-order valence-electron chi connectivity index (χ3n) is 15.2. The molecule has 4 fully saturated rings. The van der Waals surface area contributed by atoms with Crippen molar-refractivity contribution < 1.29 is 34.3 Å². The van der Waals surface area contributed by atoms with Crippen molar-refractivity contribution in [2.24, 2.45) is 45.3 Å². The van der Waals surface area contributed by atoms with Crippen LogP contribution in [0.2, 0.25) is 0 Å². The number of rotatable bonds is 13. The molecule has 3 N–H and O–H groups in total. The summed E-state index contributed by atoms with van der Waals surface area (Å²) < 4.78 is 19.1. The van der Waals surface area contributed by atoms with E-state index in [1.165, 1.54) is 36.8 Å². The minimum atomic E-state index is -1.32. The second kappa shape index (κ2) is 15.6. The quantitative estimate of drug-likeness (QED) is 0.0764. The van der Waals surface area contributed by atoms with Gasteiger partial charge in [0.25, 0.3) is 0 Å². The first kappa shape index (κ1) is 39.9. The van der Waals surface area contributed by atoms with Gasteiger partial charge in [0, 0.05) is 11.8 Å². The highest BCUT2D eigenvalue weighted by Gasteiger charge is 2.70. The van der Waals surface area contributed by atoms with Crippen molar-refractivity contribution in [3.63, 3.8) is 0 Å². The molecule has 1 aliphatic heterocycles. The molecule has 0 aromatic heterocycles. The van der Waals surface area contributed by atoms with Gasteiger partial charge >= 0.3 is 5.97 Å². The number of hydrogen-bond acceptors (Lipinski definition) is 7. The Balaban J connectivity index is 1.45. The highest BCUT2D eigenvalue weighted by molar-refractivity contribution is 5.69. The predicted molar refractivity (Wildman–Crippen MR) is 198 cm³/mol. The molecule has 286 valence electrons. The van der Waals surface area contributed by atoms with Crippen molar-refractivity contribution in [2.45, 2.75) is 189 Å². The molecule has 7 heteroatoms. The van der Waals surface area contributed by atoms with Gasteiger partial charge in [-0.25, -0.2) is 0 Å². The molecule has 5 aliphatic rings. The normalized spacial score (nSPS) is 42.8. The molecule has 0 aromatic rings. The van der Waals surface area contributed by atoms with Crippen LogP contribution in [-0.2, 0) is 19.0 Å². The molecule has 7 nitrogen and oxygen atoms in total. The molecule has 13 unspecified atom stereocenters. The highest BCUT2D eigenvalue weighted by Crippen LogP contribution is 2.74. The van der Waals surface area contributed by atoms with E-state index in [9.17, 15) is 20.1 Å². The fourth-order valence-corrected chi connectivity index (χ4v) is 12.0. The van der Waals surface area contributed by atoms with Crippen LogP contribution in [0.5, 0.6) is 0 Å². The summed E-state index contributed by atoms with van der Waals surface area (Å²) in [5, 5.41) is 31.2. The molecule has 0 spiro atoms. The zero-order valence-electron chi connectivity index (χ0n) is 33.0. The van der Waals surface area contributed by atoms with Crippen LogP contribution in [0.25, 0.3) is 0 Å². The number of carbonyl (C=O) groups excluding carboxylic acids is 1. The first-order chi connectivity index (χ1) is 23.5. The average molecular weight is 701 g/mol. The van der Waals surface area contributed by atoms with Crippen molar-refractivity contribution in [3.8, 4) is 0 Å². The maximum absolute atomic E-state index is 13.8. The van der Waals surface area contributed by atoms with Gasteiger partial charge < -0.3 is 29.5 Å². The molecular weight excluding hydrogens is 628 g/mol. The Bertz CT molecular complexity index is 1240. The minimum absolute atomic E-state index is 0.0289. The van der Waals surface area contributed by atoms with Crippen LogP contribution >= 0.6 is 0 Å². The smallest absolute Gasteiger partial charge is 0.306 e. The van der Waals surface area contributed by atoms with Crippen molar-refractivity contribution in [2.75, 3.05) is 6.61 Å². The van der Waals surface area contributed by atoms with E-state index >= 15 is 0 Å². The molecule has 4 aliphatic carbocycles. The van der Waals surface area contributed by atoms with Gasteiger partial charge in [0.1, 0.15) is 24.4 Å². The number of hydrogen-bond donors (Lipinski definition) is 3. The SMILES string of the molecule is CCCCCCCC(=O)OC1CC2C(C)(CCC(OC3OCC(O)C(O)C3O)C2(C)C)C2=CCC3C(C(C)CCC=C(C)C)CCC3(C)C21C. The molecule has 0 bridgehead atoms. The number of esters is 1. The molecule has 5 rings (SSSR count). The average Bonchev–Trinajstić information content (AvgIpc) is 3.41. The molecule has 0 radical (unpaired) electrons. The van der Waals surface area contributed by atoms with Crippen LogP contribution in [0, 0.1) is 45.3 Å². The number of allylic oxidation sites excluding steroid dienone is 3. The maximum Gasteiger partial charge on any atom is 0.306 e. The summed E-state index contributed by atoms with van der Waals surface area (Å²) in [6.45, 7) is 21.0. The number of aliphatic hydroxyl groups excluding tert-OH is 3. The molecule has 50 heavy (non-hydrogen) atoms. The summed E-state index contributed by atoms with van der Waals surface area (Å²) in [5.41, 5.74) is 2.23. The maximum atomic E-state index is 13.8. The van der Waals surface area contributed by atoms with E-state index < -0.39 is 24.6 Å². The second-order valence-electron chi connectivity index (χ2n) is 18.7. The van der Waals surface area contributed by atoms with E-state index in [1.54, 1.807) is 0 Å². The number of unbranched alkanes of at least 4 members (excludes halogenated alkanes) is 4. The number of carbonyl (C=O) groups is 1. The second-order valence-corrected chi connectivity index (χ2v) is 18.7. The van der Waals surface area contributed by atoms with Crippen LogP contribution in [0.3, 0.4) is 0 Å². The van der Waals surface area contributed by atoms with E-state index in [1.807, 2.05) is 0 Å². The highest BCUT2D eigenvalue weighted by atomic mass is 16.7. The molecule has 1 saturated heterocycles. The molecule has 0 aromatic carbocycles. The molecule has 3 saturated carbocycles. The molecule has 13 atom stereocenters. The number of aliphatic hydroxyl groups is 3. The van der Waals surface area contributed by atoms with Crippen LogP contribution in [-0.4, -0.2) is 64.7 Å². The largest absolute Gasteiger partial charge is 0.461 e.